The molecule has 1 aliphatic rings. The molecule has 0 saturated carbocycles. The summed E-state index contributed by atoms with van der Waals surface area (Å²) in [6.45, 7) is 5.36. The largest absolute Gasteiger partial charge is 0.465 e. The minimum atomic E-state index is -0.866. The first-order chi connectivity index (χ1) is 9.60. The normalized spacial score (nSPS) is 20.9. The van der Waals surface area contributed by atoms with E-state index in [1.54, 1.807) is 6.08 Å². The van der Waals surface area contributed by atoms with Gasteiger partial charge in [-0.1, -0.05) is 25.7 Å². The van der Waals surface area contributed by atoms with Gasteiger partial charge in [0.15, 0.2) is 0 Å². The quantitative estimate of drug-likeness (QED) is 0.251. The van der Waals surface area contributed by atoms with Crippen LogP contribution < -0.4 is 0 Å². The molecule has 0 bridgehead atoms. The molecule has 0 aromatic carbocycles. The number of carbonyl (C=O) groups is 3. The van der Waals surface area contributed by atoms with Crippen LogP contribution in [0.25, 0.3) is 0 Å². The van der Waals surface area contributed by atoms with Crippen molar-refractivity contribution in [3.63, 3.8) is 0 Å². The molecule has 2 unspecified atom stereocenters. The lowest BCUT2D eigenvalue weighted by Gasteiger charge is -2.23. The van der Waals surface area contributed by atoms with E-state index < -0.39 is 29.7 Å². The van der Waals surface area contributed by atoms with Crippen molar-refractivity contribution in [2.75, 3.05) is 6.61 Å². The van der Waals surface area contributed by atoms with Gasteiger partial charge in [0.1, 0.15) is 0 Å². The van der Waals surface area contributed by atoms with Crippen molar-refractivity contribution in [1.82, 2.24) is 0 Å². The zero-order valence-electron chi connectivity index (χ0n) is 11.4. The van der Waals surface area contributed by atoms with E-state index in [2.05, 4.69) is 16.4 Å². The van der Waals surface area contributed by atoms with E-state index in [0.717, 1.165) is 6.08 Å². The van der Waals surface area contributed by atoms with Gasteiger partial charge in [0.05, 0.1) is 18.4 Å². The van der Waals surface area contributed by atoms with Gasteiger partial charge in [0, 0.05) is 6.08 Å². The van der Waals surface area contributed by atoms with Gasteiger partial charge in [-0.3, -0.25) is 4.79 Å². The molecule has 6 nitrogen and oxygen atoms in total. The maximum absolute atomic E-state index is 11.9. The molecule has 6 heteroatoms. The Bertz CT molecular complexity index is 412. The van der Waals surface area contributed by atoms with E-state index in [9.17, 15) is 14.4 Å². The van der Waals surface area contributed by atoms with Gasteiger partial charge in [0.25, 0.3) is 0 Å². The van der Waals surface area contributed by atoms with Crippen LogP contribution in [0.5, 0.6) is 0 Å². The molecule has 0 aromatic heterocycles. The van der Waals surface area contributed by atoms with Crippen LogP contribution in [0.4, 0.5) is 0 Å². The van der Waals surface area contributed by atoms with Crippen molar-refractivity contribution in [3.05, 3.63) is 24.8 Å². The summed E-state index contributed by atoms with van der Waals surface area (Å²) in [4.78, 5) is 43.2. The first kappa shape index (κ1) is 15.9. The lowest BCUT2D eigenvalue weighted by Crippen LogP contribution is -2.33. The van der Waals surface area contributed by atoms with Crippen LogP contribution in [0.15, 0.2) is 24.8 Å². The summed E-state index contributed by atoms with van der Waals surface area (Å²) in [6.07, 6.45) is 6.11. The molecule has 0 fully saturated rings. The molecule has 2 atom stereocenters. The molecular weight excluding hydrogens is 264 g/mol. The Morgan fingerprint density at radius 3 is 2.70 bits per heavy atom. The summed E-state index contributed by atoms with van der Waals surface area (Å²) in [5.74, 6) is -3.51. The second-order valence-electron chi connectivity index (χ2n) is 4.31. The predicted molar refractivity (Wildman–Crippen MR) is 69.0 cm³/mol. The molecule has 0 N–H and O–H groups in total. The van der Waals surface area contributed by atoms with Crippen LogP contribution in [0, 0.1) is 11.8 Å². The van der Waals surface area contributed by atoms with Crippen LogP contribution in [0.1, 0.15) is 26.2 Å². The Morgan fingerprint density at radius 2 is 2.05 bits per heavy atom. The summed E-state index contributed by atoms with van der Waals surface area (Å²) < 4.78 is 5.04. The highest BCUT2D eigenvalue weighted by molar-refractivity contribution is 5.85. The van der Waals surface area contributed by atoms with E-state index in [1.807, 2.05) is 13.0 Å². The highest BCUT2D eigenvalue weighted by Crippen LogP contribution is 2.27. The van der Waals surface area contributed by atoms with Gasteiger partial charge in [-0.05, 0) is 19.3 Å². The topological polar surface area (TPSA) is 78.9 Å². The van der Waals surface area contributed by atoms with Crippen LogP contribution in [0.3, 0.4) is 0 Å². The third-order valence-electron chi connectivity index (χ3n) is 2.82. The second kappa shape index (κ2) is 8.14. The molecular formula is C14H18O6. The Labute approximate surface area is 117 Å². The Kier molecular flexibility index (Phi) is 6.49. The molecule has 110 valence electrons. The molecule has 0 spiro atoms. The Hall–Kier alpha value is -2.11. The third-order valence-corrected chi connectivity index (χ3v) is 2.82. The van der Waals surface area contributed by atoms with Gasteiger partial charge < -0.3 is 4.74 Å². The summed E-state index contributed by atoms with van der Waals surface area (Å²) in [6, 6.07) is 0. The first-order valence-electron chi connectivity index (χ1n) is 6.48. The zero-order chi connectivity index (χ0) is 15.0. The van der Waals surface area contributed by atoms with Gasteiger partial charge in [-0.15, -0.1) is 0 Å². The van der Waals surface area contributed by atoms with Crippen molar-refractivity contribution in [1.29, 1.82) is 0 Å². The number of rotatable bonds is 5. The number of ether oxygens (including phenoxy) is 1. The van der Waals surface area contributed by atoms with E-state index in [1.165, 1.54) is 0 Å². The lowest BCUT2D eigenvalue weighted by molar-refractivity contribution is -0.259. The maximum Gasteiger partial charge on any atom is 0.378 e. The molecule has 1 aliphatic carbocycles. The van der Waals surface area contributed by atoms with Gasteiger partial charge in [0.2, 0.25) is 0 Å². The fourth-order valence-corrected chi connectivity index (χ4v) is 1.82. The standard InChI is InChI=1S/C14H18O6/c1-3-9-18-13(16)10-7-5-6-8-11(10)14(17)20-19-12(15)4-2/h4-5,7,10-11H,2-3,6,8-9H2,1H3. The number of esters is 1. The highest BCUT2D eigenvalue weighted by atomic mass is 17.2. The van der Waals surface area contributed by atoms with Crippen LogP contribution in [-0.2, 0) is 28.9 Å². The molecule has 0 aromatic rings. The van der Waals surface area contributed by atoms with Crippen LogP contribution in [-0.4, -0.2) is 24.5 Å². The average Bonchev–Trinajstić information content (AvgIpc) is 2.49. The number of hydrogen-bond donors (Lipinski definition) is 0. The lowest BCUT2D eigenvalue weighted by atomic mass is 9.84. The van der Waals surface area contributed by atoms with E-state index in [-0.39, 0.29) is 0 Å². The number of carbonyl (C=O) groups excluding carboxylic acids is 3. The fourth-order valence-electron chi connectivity index (χ4n) is 1.82. The van der Waals surface area contributed by atoms with E-state index in [4.69, 9.17) is 4.74 Å². The van der Waals surface area contributed by atoms with Crippen LogP contribution >= 0.6 is 0 Å². The molecule has 0 amide bonds. The average molecular weight is 282 g/mol. The Balaban J connectivity index is 2.62. The number of hydrogen-bond acceptors (Lipinski definition) is 6. The first-order valence-corrected chi connectivity index (χ1v) is 6.48. The summed E-state index contributed by atoms with van der Waals surface area (Å²) in [7, 11) is 0. The van der Waals surface area contributed by atoms with Gasteiger partial charge >= 0.3 is 17.9 Å². The van der Waals surface area contributed by atoms with Crippen molar-refractivity contribution >= 4 is 17.9 Å². The minimum absolute atomic E-state index is 0.302. The van der Waals surface area contributed by atoms with Crippen molar-refractivity contribution in [3.8, 4) is 0 Å². The van der Waals surface area contributed by atoms with Gasteiger partial charge in [-0.2, -0.15) is 0 Å². The third kappa shape index (κ3) is 4.53. The smallest absolute Gasteiger partial charge is 0.378 e. The summed E-state index contributed by atoms with van der Waals surface area (Å²) in [5.41, 5.74) is 0. The monoisotopic (exact) mass is 282 g/mol. The summed E-state index contributed by atoms with van der Waals surface area (Å²) >= 11 is 0. The Morgan fingerprint density at radius 1 is 1.30 bits per heavy atom. The highest BCUT2D eigenvalue weighted by Gasteiger charge is 2.36. The van der Waals surface area contributed by atoms with E-state index in [0.29, 0.717) is 25.9 Å². The molecule has 0 saturated heterocycles. The van der Waals surface area contributed by atoms with E-state index >= 15 is 0 Å². The van der Waals surface area contributed by atoms with Crippen molar-refractivity contribution < 1.29 is 28.9 Å². The number of allylic oxidation sites excluding steroid dienone is 1. The molecule has 0 heterocycles. The van der Waals surface area contributed by atoms with Gasteiger partial charge in [-0.25, -0.2) is 19.4 Å². The fraction of sp³-hybridized carbons (Fsp3) is 0.500. The summed E-state index contributed by atoms with van der Waals surface area (Å²) in [5, 5.41) is 0. The van der Waals surface area contributed by atoms with Crippen LogP contribution in [0.2, 0.25) is 0 Å². The predicted octanol–water partition coefficient (Wildman–Crippen LogP) is 1.71. The van der Waals surface area contributed by atoms with Crippen molar-refractivity contribution in [2.45, 2.75) is 26.2 Å². The molecule has 20 heavy (non-hydrogen) atoms. The minimum Gasteiger partial charge on any atom is -0.465 e. The SMILES string of the molecule is C=CC(=O)OOC(=O)C1CCC=CC1C(=O)OCCC. The van der Waals surface area contributed by atoms with Crippen molar-refractivity contribution in [2.24, 2.45) is 11.8 Å². The molecule has 1 rings (SSSR count). The molecule has 0 radical (unpaired) electrons. The molecule has 0 aliphatic heterocycles. The maximum atomic E-state index is 11.9. The second-order valence-corrected chi connectivity index (χ2v) is 4.31. The zero-order valence-corrected chi connectivity index (χ0v) is 11.4.